The summed E-state index contributed by atoms with van der Waals surface area (Å²) in [5.74, 6) is -0.212. The van der Waals surface area contributed by atoms with E-state index in [9.17, 15) is 4.79 Å². The number of likely N-dealkylation sites (N-methyl/N-ethyl adjacent to an activating group) is 1. The molecular weight excluding hydrogens is 252 g/mol. The van der Waals surface area contributed by atoms with E-state index in [1.807, 2.05) is 6.92 Å². The second-order valence-corrected chi connectivity index (χ2v) is 6.85. The minimum Gasteiger partial charge on any atom is -0.368 e. The van der Waals surface area contributed by atoms with Crippen molar-refractivity contribution in [1.82, 2.24) is 15.1 Å². The van der Waals surface area contributed by atoms with Crippen LogP contribution in [0.2, 0.25) is 0 Å². The number of carbonyl (C=O) groups is 1. The van der Waals surface area contributed by atoms with Gasteiger partial charge in [-0.25, -0.2) is 0 Å². The Morgan fingerprint density at radius 1 is 1.40 bits per heavy atom. The first kappa shape index (κ1) is 15.7. The molecule has 0 aromatic rings. The summed E-state index contributed by atoms with van der Waals surface area (Å²) in [6, 6.07) is 1.13. The summed E-state index contributed by atoms with van der Waals surface area (Å²) >= 11 is 0. The van der Waals surface area contributed by atoms with Crippen LogP contribution in [0.25, 0.3) is 0 Å². The normalized spacial score (nSPS) is 28.2. The smallest absolute Gasteiger partial charge is 0.237 e. The number of hydrogen-bond donors (Lipinski definition) is 2. The van der Waals surface area contributed by atoms with Gasteiger partial charge in [-0.2, -0.15) is 0 Å². The van der Waals surface area contributed by atoms with E-state index < -0.39 is 5.54 Å². The maximum Gasteiger partial charge on any atom is 0.237 e. The molecule has 20 heavy (non-hydrogen) atoms. The number of nitrogens with one attached hydrogen (secondary N) is 1. The minimum atomic E-state index is -0.528. The fourth-order valence-corrected chi connectivity index (χ4v) is 2.93. The maximum atomic E-state index is 11.7. The number of hydrogen-bond acceptors (Lipinski definition) is 4. The molecule has 2 aliphatic rings. The van der Waals surface area contributed by atoms with Gasteiger partial charge in [0.25, 0.3) is 0 Å². The van der Waals surface area contributed by atoms with Gasteiger partial charge in [-0.3, -0.25) is 4.79 Å². The van der Waals surface area contributed by atoms with Crippen molar-refractivity contribution in [1.29, 1.82) is 0 Å². The van der Waals surface area contributed by atoms with Crippen LogP contribution in [-0.2, 0) is 4.79 Å². The zero-order chi connectivity index (χ0) is 14.8. The third-order valence-electron chi connectivity index (χ3n) is 4.84. The van der Waals surface area contributed by atoms with Crippen molar-refractivity contribution in [2.75, 3.05) is 33.2 Å². The predicted octanol–water partition coefficient (Wildman–Crippen LogP) is 0.399. The van der Waals surface area contributed by atoms with Crippen LogP contribution < -0.4 is 11.1 Å². The highest BCUT2D eigenvalue weighted by Crippen LogP contribution is 2.24. The second-order valence-electron chi connectivity index (χ2n) is 6.85. The fourth-order valence-electron chi connectivity index (χ4n) is 2.93. The summed E-state index contributed by atoms with van der Waals surface area (Å²) in [4.78, 5) is 16.6. The average molecular weight is 282 g/mol. The number of primary amides is 1. The molecule has 2 fully saturated rings. The Morgan fingerprint density at radius 3 is 2.65 bits per heavy atom. The third kappa shape index (κ3) is 4.17. The summed E-state index contributed by atoms with van der Waals surface area (Å²) in [5, 5.41) is 3.42. The van der Waals surface area contributed by atoms with Crippen LogP contribution >= 0.6 is 0 Å². The zero-order valence-corrected chi connectivity index (χ0v) is 13.2. The first-order chi connectivity index (χ1) is 9.40. The summed E-state index contributed by atoms with van der Waals surface area (Å²) < 4.78 is 0. The molecule has 5 nitrogen and oxygen atoms in total. The van der Waals surface area contributed by atoms with E-state index in [1.54, 1.807) is 0 Å². The molecular formula is C15H30N4O. The number of nitrogens with zero attached hydrogens (tertiary/aromatic N) is 2. The van der Waals surface area contributed by atoms with Crippen molar-refractivity contribution >= 4 is 5.91 Å². The Kier molecular flexibility index (Phi) is 5.04. The molecule has 1 aliphatic heterocycles. The highest BCUT2D eigenvalue weighted by atomic mass is 16.1. The quantitative estimate of drug-likeness (QED) is 0.709. The van der Waals surface area contributed by atoms with E-state index in [2.05, 4.69) is 29.1 Å². The van der Waals surface area contributed by atoms with Gasteiger partial charge < -0.3 is 20.9 Å². The van der Waals surface area contributed by atoms with E-state index >= 15 is 0 Å². The summed E-state index contributed by atoms with van der Waals surface area (Å²) in [6.45, 7) is 8.68. The largest absolute Gasteiger partial charge is 0.368 e. The van der Waals surface area contributed by atoms with Crippen LogP contribution in [-0.4, -0.2) is 66.6 Å². The lowest BCUT2D eigenvalue weighted by molar-refractivity contribution is -0.124. The molecule has 2 unspecified atom stereocenters. The highest BCUT2D eigenvalue weighted by molar-refractivity contribution is 5.84. The van der Waals surface area contributed by atoms with Gasteiger partial charge in [-0.05, 0) is 53.1 Å². The van der Waals surface area contributed by atoms with Crippen LogP contribution in [0.5, 0.6) is 0 Å². The van der Waals surface area contributed by atoms with E-state index in [0.29, 0.717) is 12.1 Å². The molecule has 5 heteroatoms. The summed E-state index contributed by atoms with van der Waals surface area (Å²) in [7, 11) is 2.19. The van der Waals surface area contributed by atoms with E-state index in [1.165, 1.54) is 12.8 Å². The number of piperazine rings is 1. The monoisotopic (exact) mass is 282 g/mol. The van der Waals surface area contributed by atoms with Crippen LogP contribution in [0.15, 0.2) is 0 Å². The van der Waals surface area contributed by atoms with Crippen molar-refractivity contribution in [3.63, 3.8) is 0 Å². The molecule has 0 bridgehead atoms. The standard InChI is InChI=1S/C15H30N4O/c1-12-11-19(10-9-18(12)3)8-4-7-15(2,14(16)20)17-13-5-6-13/h12-13,17H,4-11H2,1-3H3,(H2,16,20). The van der Waals surface area contributed by atoms with Crippen molar-refractivity contribution in [3.05, 3.63) is 0 Å². The maximum absolute atomic E-state index is 11.7. The van der Waals surface area contributed by atoms with Crippen LogP contribution in [0.1, 0.15) is 39.5 Å². The van der Waals surface area contributed by atoms with Crippen molar-refractivity contribution in [3.8, 4) is 0 Å². The van der Waals surface area contributed by atoms with Crippen molar-refractivity contribution in [2.45, 2.75) is 57.2 Å². The van der Waals surface area contributed by atoms with E-state index in [4.69, 9.17) is 5.73 Å². The topological polar surface area (TPSA) is 61.6 Å². The van der Waals surface area contributed by atoms with Crippen molar-refractivity contribution < 1.29 is 4.79 Å². The first-order valence-corrected chi connectivity index (χ1v) is 7.91. The van der Waals surface area contributed by atoms with Gasteiger partial charge in [0.05, 0.1) is 5.54 Å². The predicted molar refractivity (Wildman–Crippen MR) is 81.5 cm³/mol. The van der Waals surface area contributed by atoms with E-state index in [0.717, 1.165) is 39.0 Å². The van der Waals surface area contributed by atoms with Gasteiger partial charge in [-0.1, -0.05) is 0 Å². The summed E-state index contributed by atoms with van der Waals surface area (Å²) in [6.07, 6.45) is 4.22. The lowest BCUT2D eigenvalue weighted by atomic mass is 9.94. The summed E-state index contributed by atoms with van der Waals surface area (Å²) in [5.41, 5.74) is 5.06. The molecule has 2 rings (SSSR count). The second kappa shape index (κ2) is 6.41. The molecule has 1 saturated heterocycles. The van der Waals surface area contributed by atoms with Gasteiger partial charge in [-0.15, -0.1) is 0 Å². The van der Waals surface area contributed by atoms with Gasteiger partial charge in [0.15, 0.2) is 0 Å². The lowest BCUT2D eigenvalue weighted by Crippen LogP contribution is -2.54. The molecule has 0 spiro atoms. The Morgan fingerprint density at radius 2 is 2.10 bits per heavy atom. The fraction of sp³-hybridized carbons (Fsp3) is 0.933. The Bertz CT molecular complexity index is 345. The Hall–Kier alpha value is -0.650. The molecule has 1 heterocycles. The Labute approximate surface area is 122 Å². The molecule has 3 N–H and O–H groups in total. The van der Waals surface area contributed by atoms with Crippen LogP contribution in [0.3, 0.4) is 0 Å². The number of amides is 1. The highest BCUT2D eigenvalue weighted by Gasteiger charge is 2.36. The molecule has 0 aromatic heterocycles. The number of nitrogens with two attached hydrogens (primary N) is 1. The molecule has 0 aromatic carbocycles. The molecule has 1 amide bonds. The van der Waals surface area contributed by atoms with Gasteiger partial charge in [0.1, 0.15) is 0 Å². The zero-order valence-electron chi connectivity index (χ0n) is 13.2. The van der Waals surface area contributed by atoms with Crippen molar-refractivity contribution in [2.24, 2.45) is 5.73 Å². The van der Waals surface area contributed by atoms with Gasteiger partial charge in [0.2, 0.25) is 5.91 Å². The van der Waals surface area contributed by atoms with Crippen LogP contribution in [0.4, 0.5) is 0 Å². The molecule has 0 radical (unpaired) electrons. The molecule has 1 aliphatic carbocycles. The number of carbonyl (C=O) groups excluding carboxylic acids is 1. The lowest BCUT2D eigenvalue weighted by Gasteiger charge is -2.38. The molecule has 2 atom stereocenters. The third-order valence-corrected chi connectivity index (χ3v) is 4.84. The SMILES string of the molecule is CC1CN(CCCC(C)(NC2CC2)C(N)=O)CCN1C. The minimum absolute atomic E-state index is 0.212. The van der Waals surface area contributed by atoms with Gasteiger partial charge in [0, 0.05) is 31.7 Å². The van der Waals surface area contributed by atoms with Gasteiger partial charge >= 0.3 is 0 Å². The molecule has 116 valence electrons. The number of rotatable bonds is 7. The first-order valence-electron chi connectivity index (χ1n) is 7.91. The van der Waals surface area contributed by atoms with E-state index in [-0.39, 0.29) is 5.91 Å². The van der Waals surface area contributed by atoms with Crippen LogP contribution in [0, 0.1) is 0 Å². The Balaban J connectivity index is 1.74. The molecule has 1 saturated carbocycles. The average Bonchev–Trinajstić information content (AvgIpc) is 3.17.